The maximum Gasteiger partial charge on any atom is 0.256 e. The normalized spacial score (nSPS) is 15.5. The van der Waals surface area contributed by atoms with Crippen molar-refractivity contribution < 1.29 is 17.6 Å². The van der Waals surface area contributed by atoms with Gasteiger partial charge in [0.15, 0.2) is 0 Å². The molecule has 0 atom stereocenters. The maximum absolute atomic E-state index is 13.5. The van der Waals surface area contributed by atoms with Gasteiger partial charge in [0.1, 0.15) is 10.8 Å². The molecule has 0 aliphatic carbocycles. The number of hydrogen-bond acceptors (Lipinski definition) is 4. The SMILES string of the molecule is Cc1ccc(C)n1-c1sccc1C(=O)N1CCN(S(=O)(=O)c2cccc(F)c2)CC1. The topological polar surface area (TPSA) is 62.6 Å². The number of halogens is 1. The molecule has 4 rings (SSSR count). The fourth-order valence-electron chi connectivity index (χ4n) is 3.70. The summed E-state index contributed by atoms with van der Waals surface area (Å²) in [4.78, 5) is 14.8. The van der Waals surface area contributed by atoms with Crippen molar-refractivity contribution in [1.82, 2.24) is 13.8 Å². The molecule has 3 heterocycles. The first-order valence-electron chi connectivity index (χ1n) is 9.57. The van der Waals surface area contributed by atoms with Crippen LogP contribution in [0.5, 0.6) is 0 Å². The number of benzene rings is 1. The summed E-state index contributed by atoms with van der Waals surface area (Å²) in [5, 5.41) is 2.77. The van der Waals surface area contributed by atoms with E-state index in [0.29, 0.717) is 5.56 Å². The summed E-state index contributed by atoms with van der Waals surface area (Å²) in [7, 11) is -3.79. The molecule has 1 amide bonds. The standard InChI is InChI=1S/C21H22FN3O3S2/c1-15-6-7-16(2)25(15)21-19(8-13-29-21)20(26)23-9-11-24(12-10-23)30(27,28)18-5-3-4-17(22)14-18/h3-8,13-14H,9-12H2,1-2H3. The van der Waals surface area contributed by atoms with Crippen molar-refractivity contribution >= 4 is 27.3 Å². The fraction of sp³-hybridized carbons (Fsp3) is 0.286. The quantitative estimate of drug-likeness (QED) is 0.616. The highest BCUT2D eigenvalue weighted by Gasteiger charge is 2.31. The number of aryl methyl sites for hydroxylation is 2. The zero-order valence-electron chi connectivity index (χ0n) is 16.7. The molecule has 1 aliphatic heterocycles. The van der Waals surface area contributed by atoms with Crippen molar-refractivity contribution in [3.63, 3.8) is 0 Å². The Bertz CT molecular complexity index is 1170. The Hall–Kier alpha value is -2.49. The van der Waals surface area contributed by atoms with Crippen LogP contribution in [0.1, 0.15) is 21.7 Å². The van der Waals surface area contributed by atoms with Crippen LogP contribution in [0.3, 0.4) is 0 Å². The lowest BCUT2D eigenvalue weighted by molar-refractivity contribution is 0.0698. The van der Waals surface area contributed by atoms with Gasteiger partial charge in [-0.25, -0.2) is 12.8 Å². The second kappa shape index (κ2) is 7.98. The van der Waals surface area contributed by atoms with Crippen LogP contribution >= 0.6 is 11.3 Å². The first-order chi connectivity index (χ1) is 14.3. The molecule has 30 heavy (non-hydrogen) atoms. The number of sulfonamides is 1. The first kappa shape index (κ1) is 20.8. The van der Waals surface area contributed by atoms with Crippen LogP contribution in [-0.4, -0.2) is 54.3 Å². The van der Waals surface area contributed by atoms with Crippen LogP contribution in [0, 0.1) is 19.7 Å². The van der Waals surface area contributed by atoms with E-state index in [1.165, 1.54) is 33.8 Å². The van der Waals surface area contributed by atoms with Crippen molar-refractivity contribution in [2.24, 2.45) is 0 Å². The van der Waals surface area contributed by atoms with Crippen LogP contribution in [0.25, 0.3) is 5.00 Å². The molecule has 0 N–H and O–H groups in total. The van der Waals surface area contributed by atoms with Gasteiger partial charge in [-0.15, -0.1) is 11.3 Å². The van der Waals surface area contributed by atoms with E-state index in [0.717, 1.165) is 22.5 Å². The molecule has 0 radical (unpaired) electrons. The molecule has 2 aromatic heterocycles. The number of hydrogen-bond donors (Lipinski definition) is 0. The molecular formula is C21H22FN3O3S2. The van der Waals surface area contributed by atoms with Gasteiger partial charge in [0.05, 0.1) is 10.5 Å². The van der Waals surface area contributed by atoms with Gasteiger partial charge >= 0.3 is 0 Å². The first-order valence-corrected chi connectivity index (χ1v) is 11.9. The average molecular weight is 448 g/mol. The number of piperazine rings is 1. The Morgan fingerprint density at radius 1 is 1.00 bits per heavy atom. The summed E-state index contributed by atoms with van der Waals surface area (Å²) >= 11 is 1.51. The number of amides is 1. The van der Waals surface area contributed by atoms with Crippen molar-refractivity contribution in [2.45, 2.75) is 18.7 Å². The van der Waals surface area contributed by atoms with E-state index in [9.17, 15) is 17.6 Å². The third-order valence-electron chi connectivity index (χ3n) is 5.31. The smallest absolute Gasteiger partial charge is 0.256 e. The zero-order chi connectivity index (χ0) is 21.5. The van der Waals surface area contributed by atoms with Gasteiger partial charge in [-0.05, 0) is 55.6 Å². The number of thiophene rings is 1. The van der Waals surface area contributed by atoms with Crippen LogP contribution in [0.4, 0.5) is 4.39 Å². The maximum atomic E-state index is 13.5. The highest BCUT2D eigenvalue weighted by atomic mass is 32.2. The molecule has 9 heteroatoms. The molecule has 1 aromatic carbocycles. The molecule has 6 nitrogen and oxygen atoms in total. The second-order valence-electron chi connectivity index (χ2n) is 7.24. The van der Waals surface area contributed by atoms with E-state index < -0.39 is 15.8 Å². The van der Waals surface area contributed by atoms with Gasteiger partial charge in [-0.2, -0.15) is 4.31 Å². The van der Waals surface area contributed by atoms with Gasteiger partial charge in [0.2, 0.25) is 10.0 Å². The third-order valence-corrected chi connectivity index (χ3v) is 8.10. The van der Waals surface area contributed by atoms with Gasteiger partial charge < -0.3 is 9.47 Å². The highest BCUT2D eigenvalue weighted by Crippen LogP contribution is 2.28. The number of rotatable bonds is 4. The molecule has 1 aliphatic rings. The Morgan fingerprint density at radius 2 is 1.67 bits per heavy atom. The zero-order valence-corrected chi connectivity index (χ0v) is 18.3. The Kier molecular flexibility index (Phi) is 5.52. The van der Waals surface area contributed by atoms with Crippen LogP contribution in [-0.2, 0) is 10.0 Å². The lowest BCUT2D eigenvalue weighted by atomic mass is 10.2. The summed E-state index contributed by atoms with van der Waals surface area (Å²) in [6.45, 7) is 4.91. The summed E-state index contributed by atoms with van der Waals surface area (Å²) in [6.07, 6.45) is 0. The molecular weight excluding hydrogens is 425 g/mol. The van der Waals surface area contributed by atoms with E-state index in [2.05, 4.69) is 4.57 Å². The van der Waals surface area contributed by atoms with E-state index in [-0.39, 0.29) is 37.0 Å². The second-order valence-corrected chi connectivity index (χ2v) is 10.1. The Balaban J connectivity index is 1.51. The van der Waals surface area contributed by atoms with Gasteiger partial charge in [0.25, 0.3) is 5.91 Å². The van der Waals surface area contributed by atoms with Gasteiger partial charge in [-0.1, -0.05) is 6.07 Å². The summed E-state index contributed by atoms with van der Waals surface area (Å²) in [5.74, 6) is -0.702. The van der Waals surface area contributed by atoms with E-state index >= 15 is 0 Å². The van der Waals surface area contributed by atoms with E-state index in [1.807, 2.05) is 37.4 Å². The van der Waals surface area contributed by atoms with Crippen molar-refractivity contribution in [3.8, 4) is 5.00 Å². The molecule has 3 aromatic rings. The van der Waals surface area contributed by atoms with E-state index in [4.69, 9.17) is 0 Å². The number of carbonyl (C=O) groups is 1. The molecule has 0 unspecified atom stereocenters. The van der Waals surface area contributed by atoms with Crippen molar-refractivity contribution in [1.29, 1.82) is 0 Å². The Morgan fingerprint density at radius 3 is 2.30 bits per heavy atom. The van der Waals surface area contributed by atoms with Gasteiger partial charge in [-0.3, -0.25) is 4.79 Å². The minimum Gasteiger partial charge on any atom is -0.336 e. The van der Waals surface area contributed by atoms with Gasteiger partial charge in [0, 0.05) is 37.6 Å². The molecule has 0 saturated carbocycles. The third kappa shape index (κ3) is 3.68. The monoisotopic (exact) mass is 447 g/mol. The summed E-state index contributed by atoms with van der Waals surface area (Å²) in [5.41, 5.74) is 2.72. The minimum atomic E-state index is -3.79. The largest absolute Gasteiger partial charge is 0.336 e. The summed E-state index contributed by atoms with van der Waals surface area (Å²) in [6, 6.07) is 10.8. The van der Waals surface area contributed by atoms with Crippen LogP contribution < -0.4 is 0 Å². The van der Waals surface area contributed by atoms with Crippen molar-refractivity contribution in [3.05, 3.63) is 70.6 Å². The lowest BCUT2D eigenvalue weighted by Gasteiger charge is -2.34. The predicted molar refractivity (Wildman–Crippen MR) is 114 cm³/mol. The number of carbonyl (C=O) groups excluding carboxylic acids is 1. The predicted octanol–water partition coefficient (Wildman–Crippen LogP) is 3.44. The number of nitrogens with zero attached hydrogens (tertiary/aromatic N) is 3. The van der Waals surface area contributed by atoms with E-state index in [1.54, 1.807) is 4.90 Å². The average Bonchev–Trinajstić information content (AvgIpc) is 3.33. The van der Waals surface area contributed by atoms with Crippen LogP contribution in [0.15, 0.2) is 52.7 Å². The molecule has 158 valence electrons. The molecule has 0 bridgehead atoms. The van der Waals surface area contributed by atoms with Crippen LogP contribution in [0.2, 0.25) is 0 Å². The minimum absolute atomic E-state index is 0.0686. The Labute approximate surface area is 179 Å². The highest BCUT2D eigenvalue weighted by molar-refractivity contribution is 7.89. The fourth-order valence-corrected chi connectivity index (χ4v) is 6.17. The molecule has 0 spiro atoms. The summed E-state index contributed by atoms with van der Waals surface area (Å²) < 4.78 is 42.4. The molecule has 1 fully saturated rings. The lowest BCUT2D eigenvalue weighted by Crippen LogP contribution is -2.50. The molecule has 1 saturated heterocycles. The number of aromatic nitrogens is 1. The van der Waals surface area contributed by atoms with Crippen molar-refractivity contribution in [2.75, 3.05) is 26.2 Å².